The number of nitrogens with one attached hydrogen (secondary N) is 2. The molecule has 0 aliphatic carbocycles. The summed E-state index contributed by atoms with van der Waals surface area (Å²) < 4.78 is 41.4. The lowest BCUT2D eigenvalue weighted by Crippen LogP contribution is -2.09. The summed E-state index contributed by atoms with van der Waals surface area (Å²) in [5.41, 5.74) is 2.42. The maximum Gasteiger partial charge on any atom is 0.232 e. The highest BCUT2D eigenvalue weighted by Gasteiger charge is 2.21. The molecular weight excluding hydrogens is 1360 g/mol. The van der Waals surface area contributed by atoms with Gasteiger partial charge in [-0.05, 0) is 38.5 Å². The molecule has 0 radical (unpaired) electrons. The van der Waals surface area contributed by atoms with Gasteiger partial charge in [0, 0.05) is 41.2 Å². The molecule has 3 aromatic carbocycles. The molecule has 110 heavy (non-hydrogen) atoms. The number of hydrogen-bond acceptors (Lipinski definition) is 11. The van der Waals surface area contributed by atoms with Crippen LogP contribution in [0.2, 0.25) is 0 Å². The minimum absolute atomic E-state index is 0.400. The van der Waals surface area contributed by atoms with Crippen LogP contribution in [0.3, 0.4) is 0 Å². The number of unbranched alkanes of at least 4 members (excludes halogenated alkanes) is 60. The monoisotopic (exact) mass is 1530 g/mol. The van der Waals surface area contributed by atoms with Crippen LogP contribution in [0.5, 0.6) is 34.5 Å². The molecule has 11 nitrogen and oxygen atoms in total. The van der Waals surface area contributed by atoms with E-state index in [1.54, 1.807) is 0 Å². The quantitative estimate of drug-likeness (QED) is 0.0412. The Morgan fingerprint density at radius 3 is 0.591 bits per heavy atom. The van der Waals surface area contributed by atoms with Gasteiger partial charge in [0.05, 0.1) is 39.6 Å². The summed E-state index contributed by atoms with van der Waals surface area (Å²) in [6.45, 7) is 17.4. The fourth-order valence-electron chi connectivity index (χ4n) is 15.1. The van der Waals surface area contributed by atoms with Crippen molar-refractivity contribution in [2.45, 2.75) is 465 Å². The molecule has 0 bridgehead atoms. The second kappa shape index (κ2) is 73.0. The van der Waals surface area contributed by atoms with Gasteiger partial charge in [-0.25, -0.2) is 0 Å². The molecule has 11 heteroatoms. The lowest BCUT2D eigenvalue weighted by atomic mass is 10.1. The van der Waals surface area contributed by atoms with E-state index in [0.717, 1.165) is 94.0 Å². The molecule has 4 aromatic rings. The zero-order chi connectivity index (χ0) is 78.0. The molecule has 0 unspecified atom stereocenters. The molecule has 0 saturated heterocycles. The lowest BCUT2D eigenvalue weighted by molar-refractivity contribution is 0.234. The van der Waals surface area contributed by atoms with E-state index in [9.17, 15) is 0 Å². The Labute approximate surface area is 679 Å². The molecule has 0 amide bonds. The summed E-state index contributed by atoms with van der Waals surface area (Å²) in [5.74, 6) is 5.53. The maximum atomic E-state index is 6.91. The van der Waals surface area contributed by atoms with Crippen LogP contribution in [-0.2, 0) is 0 Å². The van der Waals surface area contributed by atoms with Crippen LogP contribution < -0.4 is 39.1 Å². The summed E-state index contributed by atoms with van der Waals surface area (Å²) in [6.07, 6.45) is 84.7. The SMILES string of the molecule is CCCCCCCCCCCCCOc1cc(Nc2nc(Nc3cc(OCCCCCCCCCCCCC)c(OCCCCCCCCCCCCC)c(OCCCCCCCCCCCCC)c3)nc(-c3ccccc3)n2)cc(OCCCCCCCCCCCCC)c1OCCCCCCCCCCCCC. The van der Waals surface area contributed by atoms with E-state index in [2.05, 4.69) is 88.6 Å². The molecule has 0 fully saturated rings. The molecule has 1 heterocycles. The van der Waals surface area contributed by atoms with Gasteiger partial charge in [0.1, 0.15) is 0 Å². The van der Waals surface area contributed by atoms with Crippen molar-refractivity contribution in [3.8, 4) is 45.9 Å². The third kappa shape index (κ3) is 52.5. The average molecular weight is 1530 g/mol. The molecule has 0 spiro atoms. The molecule has 1 aromatic heterocycles. The van der Waals surface area contributed by atoms with Gasteiger partial charge in [-0.2, -0.15) is 15.0 Å². The van der Waals surface area contributed by atoms with E-state index in [1.807, 2.05) is 18.2 Å². The van der Waals surface area contributed by atoms with Gasteiger partial charge >= 0.3 is 0 Å². The number of hydrogen-bond donors (Lipinski definition) is 2. The van der Waals surface area contributed by atoms with Crippen molar-refractivity contribution in [3.63, 3.8) is 0 Å². The van der Waals surface area contributed by atoms with Crippen LogP contribution in [-0.4, -0.2) is 54.6 Å². The molecule has 630 valence electrons. The largest absolute Gasteiger partial charge is 0.489 e. The second-order valence-electron chi connectivity index (χ2n) is 32.8. The smallest absolute Gasteiger partial charge is 0.232 e. The van der Waals surface area contributed by atoms with Gasteiger partial charge in [-0.15, -0.1) is 0 Å². The van der Waals surface area contributed by atoms with Crippen LogP contribution in [0.4, 0.5) is 23.3 Å². The van der Waals surface area contributed by atoms with Gasteiger partial charge in [0.2, 0.25) is 23.4 Å². The van der Waals surface area contributed by atoms with E-state index in [0.29, 0.717) is 91.9 Å². The minimum Gasteiger partial charge on any atom is -0.489 e. The topological polar surface area (TPSA) is 118 Å². The lowest BCUT2D eigenvalue weighted by Gasteiger charge is -2.20. The Kier molecular flexibility index (Phi) is 64.7. The molecule has 0 aliphatic heterocycles. The highest BCUT2D eigenvalue weighted by atomic mass is 16.5. The van der Waals surface area contributed by atoms with E-state index >= 15 is 0 Å². The minimum atomic E-state index is 0.400. The number of nitrogens with zero attached hydrogens (tertiary/aromatic N) is 3. The number of aromatic nitrogens is 3. The third-order valence-corrected chi connectivity index (χ3v) is 22.2. The molecule has 2 N–H and O–H groups in total. The van der Waals surface area contributed by atoms with Crippen molar-refractivity contribution in [1.29, 1.82) is 0 Å². The summed E-state index contributed by atoms with van der Waals surface area (Å²) in [5, 5.41) is 7.38. The Bertz CT molecular complexity index is 2400. The number of rotatable bonds is 83. The fraction of sp³-hybridized carbons (Fsp3) is 0.788. The van der Waals surface area contributed by atoms with Crippen molar-refractivity contribution in [2.75, 3.05) is 50.3 Å². The second-order valence-corrected chi connectivity index (χ2v) is 32.8. The predicted molar refractivity (Wildman–Crippen MR) is 476 cm³/mol. The first-order valence-corrected chi connectivity index (χ1v) is 48.0. The van der Waals surface area contributed by atoms with Gasteiger partial charge in [0.15, 0.2) is 28.8 Å². The highest BCUT2D eigenvalue weighted by molar-refractivity contribution is 5.70. The molecule has 4 rings (SSSR count). The van der Waals surface area contributed by atoms with Gasteiger partial charge < -0.3 is 39.1 Å². The third-order valence-electron chi connectivity index (χ3n) is 22.2. The number of ether oxygens (including phenoxy) is 6. The van der Waals surface area contributed by atoms with Gasteiger partial charge in [-0.1, -0.05) is 457 Å². The van der Waals surface area contributed by atoms with Crippen LogP contribution in [0.15, 0.2) is 54.6 Å². The Morgan fingerprint density at radius 1 is 0.209 bits per heavy atom. The Hall–Kier alpha value is -4.93. The van der Waals surface area contributed by atoms with E-state index in [-0.39, 0.29) is 0 Å². The summed E-state index contributed by atoms with van der Waals surface area (Å²) >= 11 is 0. The zero-order valence-electron chi connectivity index (χ0n) is 72.9. The van der Waals surface area contributed by atoms with Crippen molar-refractivity contribution in [2.24, 2.45) is 0 Å². The molecule has 0 aliphatic rings. The first-order valence-electron chi connectivity index (χ1n) is 48.0. The van der Waals surface area contributed by atoms with Gasteiger partial charge in [-0.3, -0.25) is 0 Å². The van der Waals surface area contributed by atoms with Crippen LogP contribution in [0, 0.1) is 0 Å². The zero-order valence-corrected chi connectivity index (χ0v) is 72.9. The summed E-state index contributed by atoms with van der Waals surface area (Å²) in [6, 6.07) is 18.6. The average Bonchev–Trinajstić information content (AvgIpc) is 0.800. The van der Waals surface area contributed by atoms with Crippen molar-refractivity contribution in [3.05, 3.63) is 54.6 Å². The Balaban J connectivity index is 1.70. The van der Waals surface area contributed by atoms with Crippen molar-refractivity contribution >= 4 is 23.3 Å². The maximum absolute atomic E-state index is 6.91. The normalized spacial score (nSPS) is 11.4. The van der Waals surface area contributed by atoms with E-state index in [1.165, 1.54) is 347 Å². The highest BCUT2D eigenvalue weighted by Crippen LogP contribution is 2.44. The fourth-order valence-corrected chi connectivity index (χ4v) is 15.1. The summed E-state index contributed by atoms with van der Waals surface area (Å²) in [4.78, 5) is 15.6. The van der Waals surface area contributed by atoms with Crippen LogP contribution >= 0.6 is 0 Å². The Morgan fingerprint density at radius 2 is 0.391 bits per heavy atom. The van der Waals surface area contributed by atoms with Gasteiger partial charge in [0.25, 0.3) is 0 Å². The first-order chi connectivity index (χ1) is 54.5. The molecule has 0 atom stereocenters. The van der Waals surface area contributed by atoms with Crippen LogP contribution in [0.25, 0.3) is 11.4 Å². The number of anilines is 4. The standard InChI is InChI=1S/C99H173N5O6/c1-7-13-19-25-31-37-43-49-55-61-70-78-105-91-84-89(85-92(106-79-71-62-56-50-44-38-32-26-20-14-8-2)95(91)109-82-74-65-59-53-47-41-35-29-23-17-11-5)100-98-102-97(88-76-68-67-69-77-88)103-99(104-98)101-90-86-93(107-80-72-63-57-51-45-39-33-27-21-15-9-3)96(110-83-75-66-60-54-48-42-36-30-24-18-12-6)94(87-90)108-81-73-64-58-52-46-40-34-28-22-16-10-4/h67-69,76-77,84-87H,7-66,70-75,78-83H2,1-6H3,(H2,100,101,102,103,104). The van der Waals surface area contributed by atoms with E-state index < -0.39 is 0 Å². The van der Waals surface area contributed by atoms with Crippen LogP contribution in [0.1, 0.15) is 465 Å². The van der Waals surface area contributed by atoms with Crippen molar-refractivity contribution < 1.29 is 28.4 Å². The first kappa shape index (κ1) is 97.4. The molecule has 0 saturated carbocycles. The number of benzene rings is 3. The molecular formula is C99H173N5O6. The summed E-state index contributed by atoms with van der Waals surface area (Å²) in [7, 11) is 0. The van der Waals surface area contributed by atoms with Crippen molar-refractivity contribution in [1.82, 2.24) is 15.0 Å². The predicted octanol–water partition coefficient (Wildman–Crippen LogP) is 33.2. The van der Waals surface area contributed by atoms with E-state index in [4.69, 9.17) is 43.4 Å².